The van der Waals surface area contributed by atoms with Crippen molar-refractivity contribution in [1.29, 1.82) is 0 Å². The Bertz CT molecular complexity index is 744. The van der Waals surface area contributed by atoms with Gasteiger partial charge in [-0.15, -0.1) is 0 Å². The van der Waals surface area contributed by atoms with Gasteiger partial charge in [0.15, 0.2) is 11.5 Å². The van der Waals surface area contributed by atoms with E-state index in [0.29, 0.717) is 23.3 Å². The lowest BCUT2D eigenvalue weighted by atomic mass is 9.84. The standard InChI is InChI=1S/C22H28N2O2/c1-16-6-5-13-24(15-16)22(25)20-14-21(26-23-20)19-11-9-18(10-12-19)17-7-3-2-4-8-17/h9-12,14,16-17H,2-8,13,15H2,1H3/t16-/m0/s1. The molecule has 1 aliphatic carbocycles. The molecule has 4 heteroatoms. The first-order valence-electron chi connectivity index (χ1n) is 10.1. The van der Waals surface area contributed by atoms with Gasteiger partial charge in [0.05, 0.1) is 0 Å². The summed E-state index contributed by atoms with van der Waals surface area (Å²) >= 11 is 0. The largest absolute Gasteiger partial charge is 0.355 e. The highest BCUT2D eigenvalue weighted by Gasteiger charge is 2.25. The van der Waals surface area contributed by atoms with Crippen LogP contribution in [0.25, 0.3) is 11.3 Å². The molecule has 0 N–H and O–H groups in total. The van der Waals surface area contributed by atoms with E-state index in [4.69, 9.17) is 4.52 Å². The lowest BCUT2D eigenvalue weighted by Gasteiger charge is -2.30. The summed E-state index contributed by atoms with van der Waals surface area (Å²) in [5.74, 6) is 1.93. The lowest BCUT2D eigenvalue weighted by molar-refractivity contribution is 0.0672. The molecule has 138 valence electrons. The van der Waals surface area contributed by atoms with Crippen molar-refractivity contribution >= 4 is 5.91 Å². The smallest absolute Gasteiger partial charge is 0.276 e. The number of likely N-dealkylation sites (tertiary alicyclic amines) is 1. The average molecular weight is 352 g/mol. The van der Waals surface area contributed by atoms with Gasteiger partial charge in [-0.05, 0) is 43.1 Å². The van der Waals surface area contributed by atoms with Crippen molar-refractivity contribution in [1.82, 2.24) is 10.1 Å². The molecule has 4 rings (SSSR count). The van der Waals surface area contributed by atoms with Crippen molar-refractivity contribution < 1.29 is 9.32 Å². The number of aromatic nitrogens is 1. The molecule has 2 aliphatic rings. The molecule has 0 bridgehead atoms. The molecule has 1 amide bonds. The minimum atomic E-state index is -0.00891. The maximum absolute atomic E-state index is 12.7. The summed E-state index contributed by atoms with van der Waals surface area (Å²) in [6, 6.07) is 10.4. The van der Waals surface area contributed by atoms with Gasteiger partial charge >= 0.3 is 0 Å². The van der Waals surface area contributed by atoms with Crippen molar-refractivity contribution in [3.63, 3.8) is 0 Å². The summed E-state index contributed by atoms with van der Waals surface area (Å²) in [6.07, 6.45) is 8.92. The summed E-state index contributed by atoms with van der Waals surface area (Å²) in [6.45, 7) is 3.83. The predicted octanol–water partition coefficient (Wildman–Crippen LogP) is 5.26. The Morgan fingerprint density at radius 1 is 1.08 bits per heavy atom. The number of nitrogens with zero attached hydrogens (tertiary/aromatic N) is 2. The average Bonchev–Trinajstić information content (AvgIpc) is 3.18. The molecule has 1 saturated heterocycles. The first-order valence-corrected chi connectivity index (χ1v) is 10.1. The van der Waals surface area contributed by atoms with Crippen LogP contribution in [-0.4, -0.2) is 29.1 Å². The Morgan fingerprint density at radius 3 is 2.58 bits per heavy atom. The summed E-state index contributed by atoms with van der Waals surface area (Å²) < 4.78 is 5.48. The molecular weight excluding hydrogens is 324 g/mol. The Balaban J connectivity index is 1.46. The summed E-state index contributed by atoms with van der Waals surface area (Å²) in [4.78, 5) is 14.6. The number of benzene rings is 1. The van der Waals surface area contributed by atoms with Crippen LogP contribution in [0.1, 0.15) is 73.8 Å². The van der Waals surface area contributed by atoms with Crippen molar-refractivity contribution in [2.45, 2.75) is 57.8 Å². The molecule has 26 heavy (non-hydrogen) atoms. The van der Waals surface area contributed by atoms with Crippen LogP contribution >= 0.6 is 0 Å². The molecule has 1 aliphatic heterocycles. The molecule has 2 aromatic rings. The zero-order valence-corrected chi connectivity index (χ0v) is 15.6. The Morgan fingerprint density at radius 2 is 1.85 bits per heavy atom. The quantitative estimate of drug-likeness (QED) is 0.757. The first-order chi connectivity index (χ1) is 12.7. The molecule has 2 fully saturated rings. The third-order valence-corrected chi connectivity index (χ3v) is 5.95. The molecule has 1 saturated carbocycles. The minimum Gasteiger partial charge on any atom is -0.355 e. The summed E-state index contributed by atoms with van der Waals surface area (Å²) in [5, 5.41) is 4.04. The second-order valence-corrected chi connectivity index (χ2v) is 8.03. The Hall–Kier alpha value is -2.10. The van der Waals surface area contributed by atoms with E-state index in [1.807, 2.05) is 4.90 Å². The van der Waals surface area contributed by atoms with E-state index in [1.165, 1.54) is 44.1 Å². The van der Waals surface area contributed by atoms with Crippen molar-refractivity contribution in [2.75, 3.05) is 13.1 Å². The van der Waals surface area contributed by atoms with Gasteiger partial charge in [-0.3, -0.25) is 4.79 Å². The highest BCUT2D eigenvalue weighted by Crippen LogP contribution is 2.33. The van der Waals surface area contributed by atoms with Crippen molar-refractivity contribution in [3.05, 3.63) is 41.6 Å². The van der Waals surface area contributed by atoms with E-state index in [1.54, 1.807) is 6.07 Å². The maximum atomic E-state index is 12.7. The highest BCUT2D eigenvalue weighted by molar-refractivity contribution is 5.93. The summed E-state index contributed by atoms with van der Waals surface area (Å²) in [5.41, 5.74) is 2.83. The summed E-state index contributed by atoms with van der Waals surface area (Å²) in [7, 11) is 0. The molecule has 0 unspecified atom stereocenters. The number of carbonyl (C=O) groups excluding carboxylic acids is 1. The Kier molecular flexibility index (Phi) is 5.09. The van der Waals surface area contributed by atoms with Crippen LogP contribution in [0, 0.1) is 5.92 Å². The van der Waals surface area contributed by atoms with Gasteiger partial charge in [0, 0.05) is 24.7 Å². The fourth-order valence-electron chi connectivity index (χ4n) is 4.40. The second-order valence-electron chi connectivity index (χ2n) is 8.03. The van der Waals surface area contributed by atoms with E-state index >= 15 is 0 Å². The fraction of sp³-hybridized carbons (Fsp3) is 0.545. The molecular formula is C22H28N2O2. The molecule has 0 spiro atoms. The fourth-order valence-corrected chi connectivity index (χ4v) is 4.40. The van der Waals surface area contributed by atoms with E-state index in [-0.39, 0.29) is 5.91 Å². The van der Waals surface area contributed by atoms with Crippen LogP contribution < -0.4 is 0 Å². The molecule has 2 heterocycles. The number of carbonyl (C=O) groups is 1. The van der Waals surface area contributed by atoms with Gasteiger partial charge in [-0.1, -0.05) is 55.6 Å². The first kappa shape index (κ1) is 17.3. The van der Waals surface area contributed by atoms with E-state index in [2.05, 4.69) is 36.3 Å². The van der Waals surface area contributed by atoms with Gasteiger partial charge in [-0.2, -0.15) is 0 Å². The van der Waals surface area contributed by atoms with Gasteiger partial charge < -0.3 is 9.42 Å². The van der Waals surface area contributed by atoms with Gasteiger partial charge in [0.2, 0.25) is 0 Å². The van der Waals surface area contributed by atoms with Gasteiger partial charge in [0.1, 0.15) is 0 Å². The van der Waals surface area contributed by atoms with Crippen molar-refractivity contribution in [2.24, 2.45) is 5.92 Å². The van der Waals surface area contributed by atoms with Crippen LogP contribution in [0.2, 0.25) is 0 Å². The SMILES string of the molecule is C[C@H]1CCCN(C(=O)c2cc(-c3ccc(C4CCCCC4)cc3)on2)C1. The van der Waals surface area contributed by atoms with Crippen molar-refractivity contribution in [3.8, 4) is 11.3 Å². The third kappa shape index (κ3) is 3.69. The molecule has 4 nitrogen and oxygen atoms in total. The van der Waals surface area contributed by atoms with E-state index in [0.717, 1.165) is 25.1 Å². The molecule has 1 aromatic carbocycles. The zero-order valence-electron chi connectivity index (χ0n) is 15.6. The van der Waals surface area contributed by atoms with Gasteiger partial charge in [-0.25, -0.2) is 0 Å². The number of hydrogen-bond donors (Lipinski definition) is 0. The molecule has 0 radical (unpaired) electrons. The topological polar surface area (TPSA) is 46.3 Å². The van der Waals surface area contributed by atoms with Gasteiger partial charge in [0.25, 0.3) is 5.91 Å². The predicted molar refractivity (Wildman–Crippen MR) is 102 cm³/mol. The molecule has 1 atom stereocenters. The van der Waals surface area contributed by atoms with Crippen LogP contribution in [0.15, 0.2) is 34.9 Å². The van der Waals surface area contributed by atoms with E-state index < -0.39 is 0 Å². The number of piperidine rings is 1. The highest BCUT2D eigenvalue weighted by atomic mass is 16.5. The van der Waals surface area contributed by atoms with Crippen LogP contribution in [-0.2, 0) is 0 Å². The Labute approximate surface area is 155 Å². The monoisotopic (exact) mass is 352 g/mol. The number of hydrogen-bond acceptors (Lipinski definition) is 3. The third-order valence-electron chi connectivity index (χ3n) is 5.95. The number of rotatable bonds is 3. The van der Waals surface area contributed by atoms with Crippen LogP contribution in [0.4, 0.5) is 0 Å². The number of amides is 1. The van der Waals surface area contributed by atoms with E-state index in [9.17, 15) is 4.79 Å². The normalized spacial score (nSPS) is 21.7. The maximum Gasteiger partial charge on any atom is 0.276 e. The molecule has 1 aromatic heterocycles. The zero-order chi connectivity index (χ0) is 17.9. The van der Waals surface area contributed by atoms with Crippen LogP contribution in [0.5, 0.6) is 0 Å². The van der Waals surface area contributed by atoms with Crippen LogP contribution in [0.3, 0.4) is 0 Å². The minimum absolute atomic E-state index is 0.00891. The second kappa shape index (κ2) is 7.65. The lowest BCUT2D eigenvalue weighted by Crippen LogP contribution is -2.39.